The van der Waals surface area contributed by atoms with Gasteiger partial charge in [-0.25, -0.2) is 23.5 Å². The maximum absolute atomic E-state index is 13.7. The highest BCUT2D eigenvalue weighted by molar-refractivity contribution is 5.88. The van der Waals surface area contributed by atoms with E-state index in [4.69, 9.17) is 0 Å². The van der Waals surface area contributed by atoms with Crippen LogP contribution >= 0.6 is 0 Å². The van der Waals surface area contributed by atoms with Gasteiger partial charge >= 0.3 is 0 Å². The summed E-state index contributed by atoms with van der Waals surface area (Å²) in [6, 6.07) is 2.98. The highest BCUT2D eigenvalue weighted by Gasteiger charge is 2.72. The first-order chi connectivity index (χ1) is 14.0. The Morgan fingerprint density at radius 1 is 1.14 bits per heavy atom. The third-order valence-electron chi connectivity index (χ3n) is 6.97. The molecule has 1 atom stereocenters. The molecule has 0 spiro atoms. The molecule has 2 bridgehead atoms. The number of aromatic nitrogens is 3. The largest absolute Gasteiger partial charge is 0.272 e. The summed E-state index contributed by atoms with van der Waals surface area (Å²) in [5.41, 5.74) is 0.189. The van der Waals surface area contributed by atoms with Gasteiger partial charge in [-0.05, 0) is 55.2 Å². The van der Waals surface area contributed by atoms with E-state index in [0.29, 0.717) is 17.9 Å². The zero-order valence-electron chi connectivity index (χ0n) is 15.9. The predicted octanol–water partition coefficient (Wildman–Crippen LogP) is 3.56. The van der Waals surface area contributed by atoms with Gasteiger partial charge < -0.3 is 0 Å². The van der Waals surface area contributed by atoms with E-state index in [-0.39, 0.29) is 16.7 Å². The molecule has 4 aliphatic carbocycles. The lowest BCUT2D eigenvalue weighted by atomic mass is 9.34. The smallest absolute Gasteiger partial charge is 0.249 e. The number of hydrogen-bond acceptors (Lipinski definition) is 4. The molecule has 0 radical (unpaired) electrons. The van der Waals surface area contributed by atoms with E-state index in [1.807, 2.05) is 4.68 Å². The number of nitrogens with zero attached hydrogens (tertiary/aromatic N) is 5. The quantitative estimate of drug-likeness (QED) is 0.775. The topological polar surface area (TPSA) is 63.4 Å². The van der Waals surface area contributed by atoms with Gasteiger partial charge in [-0.2, -0.15) is 10.2 Å². The van der Waals surface area contributed by atoms with Crippen molar-refractivity contribution in [2.24, 2.45) is 15.9 Å². The molecule has 2 heterocycles. The molecule has 2 aromatic rings. The number of carbonyl (C=O) groups is 1. The van der Waals surface area contributed by atoms with Gasteiger partial charge in [-0.3, -0.25) is 4.79 Å². The van der Waals surface area contributed by atoms with Crippen LogP contribution in [0.4, 0.5) is 8.78 Å². The van der Waals surface area contributed by atoms with Gasteiger partial charge in [-0.1, -0.05) is 0 Å². The molecule has 1 amide bonds. The molecule has 7 rings (SSSR count). The van der Waals surface area contributed by atoms with Crippen molar-refractivity contribution in [2.75, 3.05) is 0 Å². The van der Waals surface area contributed by atoms with Crippen LogP contribution < -0.4 is 0 Å². The molecule has 0 saturated heterocycles. The fraction of sp³-hybridized carbons (Fsp3) is 0.524. The van der Waals surface area contributed by atoms with Crippen molar-refractivity contribution in [3.8, 4) is 0 Å². The minimum Gasteiger partial charge on any atom is -0.272 e. The zero-order chi connectivity index (χ0) is 19.8. The predicted molar refractivity (Wildman–Crippen MR) is 99.8 cm³/mol. The summed E-state index contributed by atoms with van der Waals surface area (Å²) < 4.78 is 29.3. The van der Waals surface area contributed by atoms with Crippen LogP contribution in [0.15, 0.2) is 29.6 Å². The molecule has 5 aliphatic rings. The van der Waals surface area contributed by atoms with Gasteiger partial charge in [0.1, 0.15) is 23.8 Å². The second kappa shape index (κ2) is 5.70. The molecule has 1 aliphatic heterocycles. The van der Waals surface area contributed by atoms with E-state index in [1.165, 1.54) is 30.0 Å². The maximum atomic E-state index is 13.7. The number of benzene rings is 1. The van der Waals surface area contributed by atoms with E-state index >= 15 is 0 Å². The van der Waals surface area contributed by atoms with Gasteiger partial charge in [0, 0.05) is 31.2 Å². The molecule has 8 heteroatoms. The highest BCUT2D eigenvalue weighted by Crippen LogP contribution is 2.74. The van der Waals surface area contributed by atoms with Gasteiger partial charge in [0.05, 0.1) is 11.5 Å². The molecule has 29 heavy (non-hydrogen) atoms. The summed E-state index contributed by atoms with van der Waals surface area (Å²) in [7, 11) is 0. The molecular weight excluding hydrogens is 376 g/mol. The lowest BCUT2D eigenvalue weighted by molar-refractivity contribution is -0.223. The number of hydrazone groups is 1. The number of hydrogen-bond donors (Lipinski definition) is 0. The number of halogens is 2. The first kappa shape index (κ1) is 17.2. The average Bonchev–Trinajstić information content (AvgIpc) is 3.15. The van der Waals surface area contributed by atoms with Crippen molar-refractivity contribution < 1.29 is 13.6 Å². The molecule has 1 aromatic heterocycles. The van der Waals surface area contributed by atoms with Crippen molar-refractivity contribution in [3.05, 3.63) is 47.5 Å². The lowest BCUT2D eigenvalue weighted by Gasteiger charge is -2.69. The van der Waals surface area contributed by atoms with Crippen LogP contribution in [0, 0.1) is 22.5 Å². The minimum absolute atomic E-state index is 0.0243. The van der Waals surface area contributed by atoms with Crippen LogP contribution in [-0.4, -0.2) is 31.9 Å². The summed E-state index contributed by atoms with van der Waals surface area (Å²) >= 11 is 0. The SMILES string of the molecule is O=C(N1N=CCC1c1cc(F)cc(F)c1)C12CC(Cn3ncnc3C3CC3)(C1)C2. The van der Waals surface area contributed by atoms with Crippen LogP contribution in [-0.2, 0) is 11.3 Å². The van der Waals surface area contributed by atoms with Crippen LogP contribution in [0.5, 0.6) is 0 Å². The Morgan fingerprint density at radius 3 is 2.55 bits per heavy atom. The number of carbonyl (C=O) groups excluding carboxylic acids is 1. The lowest BCUT2D eigenvalue weighted by Crippen LogP contribution is -2.68. The van der Waals surface area contributed by atoms with Crippen molar-refractivity contribution in [1.82, 2.24) is 19.8 Å². The summed E-state index contributed by atoms with van der Waals surface area (Å²) in [5.74, 6) is 0.328. The van der Waals surface area contributed by atoms with Crippen LogP contribution in [0.2, 0.25) is 0 Å². The Labute approximate surface area is 166 Å². The Kier molecular flexibility index (Phi) is 3.39. The van der Waals surface area contributed by atoms with E-state index < -0.39 is 17.7 Å². The van der Waals surface area contributed by atoms with E-state index in [2.05, 4.69) is 15.2 Å². The summed E-state index contributed by atoms with van der Waals surface area (Å²) in [6.45, 7) is 0.815. The Morgan fingerprint density at radius 2 is 1.86 bits per heavy atom. The van der Waals surface area contributed by atoms with Gasteiger partial charge in [0.15, 0.2) is 0 Å². The third kappa shape index (κ3) is 2.57. The van der Waals surface area contributed by atoms with E-state index in [0.717, 1.165) is 37.7 Å². The maximum Gasteiger partial charge on any atom is 0.249 e. The molecule has 1 aromatic carbocycles. The molecule has 4 saturated carbocycles. The monoisotopic (exact) mass is 397 g/mol. The highest BCUT2D eigenvalue weighted by atomic mass is 19.1. The molecule has 0 N–H and O–H groups in total. The molecule has 1 unspecified atom stereocenters. The zero-order valence-corrected chi connectivity index (χ0v) is 15.9. The first-order valence-corrected chi connectivity index (χ1v) is 10.2. The van der Waals surface area contributed by atoms with Crippen molar-refractivity contribution in [1.29, 1.82) is 0 Å². The normalized spacial score (nSPS) is 32.2. The molecule has 4 fully saturated rings. The van der Waals surface area contributed by atoms with Crippen LogP contribution in [0.25, 0.3) is 0 Å². The van der Waals surface area contributed by atoms with Crippen molar-refractivity contribution in [2.45, 2.75) is 57.0 Å². The Hall–Kier alpha value is -2.64. The summed E-state index contributed by atoms with van der Waals surface area (Å²) in [4.78, 5) is 17.7. The van der Waals surface area contributed by atoms with Crippen molar-refractivity contribution in [3.63, 3.8) is 0 Å². The van der Waals surface area contributed by atoms with Gasteiger partial charge in [0.25, 0.3) is 0 Å². The molecule has 6 nitrogen and oxygen atoms in total. The number of amides is 1. The third-order valence-corrected chi connectivity index (χ3v) is 6.97. The van der Waals surface area contributed by atoms with Crippen molar-refractivity contribution >= 4 is 12.1 Å². The first-order valence-electron chi connectivity index (χ1n) is 10.2. The van der Waals surface area contributed by atoms with Crippen LogP contribution in [0.1, 0.15) is 61.9 Å². The fourth-order valence-electron chi connectivity index (χ4n) is 5.66. The van der Waals surface area contributed by atoms with Gasteiger partial charge in [-0.15, -0.1) is 0 Å². The van der Waals surface area contributed by atoms with Crippen LogP contribution in [0.3, 0.4) is 0 Å². The van der Waals surface area contributed by atoms with Gasteiger partial charge in [0.2, 0.25) is 5.91 Å². The molecular formula is C21H21F2N5O. The second-order valence-electron chi connectivity index (χ2n) is 9.26. The van der Waals surface area contributed by atoms with E-state index in [1.54, 1.807) is 12.5 Å². The summed E-state index contributed by atoms with van der Waals surface area (Å²) in [6.07, 6.45) is 8.58. The second-order valence-corrected chi connectivity index (χ2v) is 9.26. The Bertz CT molecular complexity index is 1000. The standard InChI is InChI=1S/C21H21F2N5O/c22-15-5-14(6-16(23)7-15)17-3-4-25-28(17)19(29)21-8-20(9-21,10-21)11-27-18(13-1-2-13)24-12-26-27/h4-7,12-13,17H,1-3,8-11H2. The van der Waals surface area contributed by atoms with E-state index in [9.17, 15) is 13.6 Å². The average molecular weight is 397 g/mol. The Balaban J connectivity index is 1.16. The fourth-order valence-corrected chi connectivity index (χ4v) is 5.66. The number of rotatable bonds is 5. The molecule has 150 valence electrons. The minimum atomic E-state index is -0.636. The summed E-state index contributed by atoms with van der Waals surface area (Å²) in [5, 5.41) is 10.1.